The first kappa shape index (κ1) is 14.9. The topological polar surface area (TPSA) is 67.1 Å². The van der Waals surface area contributed by atoms with Crippen LogP contribution in [0.5, 0.6) is 0 Å². The molecule has 1 aromatic carbocycles. The normalized spacial score (nSPS) is 11.1. The fraction of sp³-hybridized carbons (Fsp3) is 0.143. The molecule has 0 saturated carbocycles. The third-order valence-corrected chi connectivity index (χ3v) is 2.86. The molecule has 1 heterocycles. The number of nitrogens with zero attached hydrogens (tertiary/aromatic N) is 4. The van der Waals surface area contributed by atoms with Crippen molar-refractivity contribution in [3.8, 4) is 0 Å². The zero-order valence-electron chi connectivity index (χ0n) is 11.6. The summed E-state index contributed by atoms with van der Waals surface area (Å²) in [5, 5.41) is 15.3. The van der Waals surface area contributed by atoms with Crippen LogP contribution in [0.4, 0.5) is 0 Å². The molecule has 108 valence electrons. The summed E-state index contributed by atoms with van der Waals surface area (Å²) in [4.78, 5) is 0. The highest BCUT2D eigenvalue weighted by molar-refractivity contribution is 7.80. The van der Waals surface area contributed by atoms with Crippen LogP contribution in [0, 0.1) is 0 Å². The molecule has 0 unspecified atom stereocenters. The van der Waals surface area contributed by atoms with Gasteiger partial charge < -0.3 is 5.32 Å². The summed E-state index contributed by atoms with van der Waals surface area (Å²) in [7, 11) is 1.73. The van der Waals surface area contributed by atoms with Crippen LogP contribution >= 0.6 is 12.2 Å². The first-order chi connectivity index (χ1) is 10.3. The van der Waals surface area contributed by atoms with Gasteiger partial charge in [0.2, 0.25) is 0 Å². The van der Waals surface area contributed by atoms with Crippen LogP contribution in [-0.2, 0) is 6.54 Å². The molecule has 21 heavy (non-hydrogen) atoms. The van der Waals surface area contributed by atoms with E-state index in [-0.39, 0.29) is 0 Å². The molecule has 0 saturated heterocycles. The SMILES string of the molecule is CNC(=S)N/N=C\C=C\c1cn(Cc2ccccc2)nn1. The van der Waals surface area contributed by atoms with Gasteiger partial charge in [0.1, 0.15) is 5.69 Å². The second-order valence-electron chi connectivity index (χ2n) is 4.15. The van der Waals surface area contributed by atoms with Gasteiger partial charge in [-0.2, -0.15) is 5.10 Å². The summed E-state index contributed by atoms with van der Waals surface area (Å²) < 4.78 is 1.79. The average Bonchev–Trinajstić information content (AvgIpc) is 2.95. The van der Waals surface area contributed by atoms with Crippen molar-refractivity contribution in [3.63, 3.8) is 0 Å². The Hall–Kier alpha value is -2.54. The second kappa shape index (κ2) is 7.91. The molecule has 0 bridgehead atoms. The molecule has 0 aliphatic carbocycles. The molecule has 0 radical (unpaired) electrons. The smallest absolute Gasteiger partial charge is 0.186 e. The van der Waals surface area contributed by atoms with E-state index in [4.69, 9.17) is 12.2 Å². The van der Waals surface area contributed by atoms with Crippen LogP contribution in [0.1, 0.15) is 11.3 Å². The summed E-state index contributed by atoms with van der Waals surface area (Å²) >= 11 is 4.88. The fourth-order valence-corrected chi connectivity index (χ4v) is 1.63. The molecular weight excluding hydrogens is 284 g/mol. The number of nitrogens with one attached hydrogen (secondary N) is 2. The number of thiocarbonyl (C=S) groups is 1. The Labute approximate surface area is 128 Å². The Balaban J connectivity index is 1.87. The van der Waals surface area contributed by atoms with Gasteiger partial charge in [-0.25, -0.2) is 4.68 Å². The molecule has 7 heteroatoms. The summed E-state index contributed by atoms with van der Waals surface area (Å²) in [5.41, 5.74) is 4.61. The van der Waals surface area contributed by atoms with E-state index in [9.17, 15) is 0 Å². The van der Waals surface area contributed by atoms with Crippen molar-refractivity contribution in [3.05, 3.63) is 53.9 Å². The Kier molecular flexibility index (Phi) is 5.60. The van der Waals surface area contributed by atoms with Gasteiger partial charge in [0.15, 0.2) is 5.11 Å². The largest absolute Gasteiger partial charge is 0.364 e. The molecule has 0 aliphatic rings. The first-order valence-electron chi connectivity index (χ1n) is 6.39. The molecule has 1 aromatic heterocycles. The van der Waals surface area contributed by atoms with Gasteiger partial charge >= 0.3 is 0 Å². The van der Waals surface area contributed by atoms with E-state index in [2.05, 4.69) is 38.3 Å². The zero-order chi connectivity index (χ0) is 14.9. The first-order valence-corrected chi connectivity index (χ1v) is 6.80. The van der Waals surface area contributed by atoms with Crippen molar-refractivity contribution in [1.82, 2.24) is 25.7 Å². The lowest BCUT2D eigenvalue weighted by molar-refractivity contribution is 0.649. The van der Waals surface area contributed by atoms with Crippen LogP contribution in [-0.4, -0.2) is 33.4 Å². The summed E-state index contributed by atoms with van der Waals surface area (Å²) in [5.74, 6) is 0. The van der Waals surface area contributed by atoms with Gasteiger partial charge in [0, 0.05) is 13.3 Å². The van der Waals surface area contributed by atoms with E-state index in [1.54, 1.807) is 24.0 Å². The predicted octanol–water partition coefficient (Wildman–Crippen LogP) is 1.42. The molecule has 0 amide bonds. The molecule has 0 fully saturated rings. The number of allylic oxidation sites excluding steroid dienone is 1. The number of rotatable bonds is 5. The Bertz CT molecular complexity index is 632. The summed E-state index contributed by atoms with van der Waals surface area (Å²) in [6.07, 6.45) is 7.06. The summed E-state index contributed by atoms with van der Waals surface area (Å²) in [6.45, 7) is 0.702. The van der Waals surface area contributed by atoms with E-state index in [1.165, 1.54) is 5.56 Å². The third kappa shape index (κ3) is 5.15. The monoisotopic (exact) mass is 300 g/mol. The number of hydrazone groups is 1. The summed E-state index contributed by atoms with van der Waals surface area (Å²) in [6, 6.07) is 10.1. The van der Waals surface area contributed by atoms with E-state index in [1.807, 2.05) is 30.5 Å². The van der Waals surface area contributed by atoms with Crippen molar-refractivity contribution < 1.29 is 0 Å². The maximum Gasteiger partial charge on any atom is 0.186 e. The molecule has 2 rings (SSSR count). The quantitative estimate of drug-likeness (QED) is 0.496. The van der Waals surface area contributed by atoms with Gasteiger partial charge in [-0.05, 0) is 29.9 Å². The lowest BCUT2D eigenvalue weighted by Gasteiger charge is -1.98. The molecule has 6 nitrogen and oxygen atoms in total. The number of benzene rings is 1. The molecular formula is C14H16N6S. The zero-order valence-corrected chi connectivity index (χ0v) is 12.4. The molecule has 2 aromatic rings. The van der Waals surface area contributed by atoms with Crippen LogP contribution in [0.2, 0.25) is 0 Å². The minimum Gasteiger partial charge on any atom is -0.364 e. The highest BCUT2D eigenvalue weighted by atomic mass is 32.1. The standard InChI is InChI=1S/C14H16N6S/c1-15-14(21)18-16-9-5-8-13-11-20(19-17-13)10-12-6-3-2-4-7-12/h2-9,11H,10H2,1H3,(H2,15,18,21)/b8-5+,16-9-. The predicted molar refractivity (Wildman–Crippen MR) is 87.9 cm³/mol. The van der Waals surface area contributed by atoms with Gasteiger partial charge in [-0.3, -0.25) is 5.43 Å². The maximum atomic E-state index is 4.88. The van der Waals surface area contributed by atoms with Crippen molar-refractivity contribution in [2.45, 2.75) is 6.54 Å². The van der Waals surface area contributed by atoms with Gasteiger partial charge in [0.05, 0.1) is 12.7 Å². The Morgan fingerprint density at radius 3 is 2.95 bits per heavy atom. The van der Waals surface area contributed by atoms with Crippen LogP contribution in [0.15, 0.2) is 47.7 Å². The van der Waals surface area contributed by atoms with Crippen LogP contribution in [0.3, 0.4) is 0 Å². The second-order valence-corrected chi connectivity index (χ2v) is 4.56. The molecule has 2 N–H and O–H groups in total. The minimum absolute atomic E-state index is 0.466. The van der Waals surface area contributed by atoms with Gasteiger partial charge in [-0.15, -0.1) is 5.10 Å². The minimum atomic E-state index is 0.466. The van der Waals surface area contributed by atoms with Gasteiger partial charge in [0.25, 0.3) is 0 Å². The molecule has 0 atom stereocenters. The molecule has 0 spiro atoms. The Morgan fingerprint density at radius 2 is 2.19 bits per heavy atom. The Morgan fingerprint density at radius 1 is 1.38 bits per heavy atom. The average molecular weight is 300 g/mol. The van der Waals surface area contributed by atoms with E-state index < -0.39 is 0 Å². The third-order valence-electron chi connectivity index (χ3n) is 2.56. The number of hydrogen-bond donors (Lipinski definition) is 2. The lowest BCUT2D eigenvalue weighted by atomic mass is 10.2. The highest BCUT2D eigenvalue weighted by Gasteiger charge is 1.98. The lowest BCUT2D eigenvalue weighted by Crippen LogP contribution is -2.28. The van der Waals surface area contributed by atoms with Crippen molar-refractivity contribution in [2.24, 2.45) is 5.10 Å². The maximum absolute atomic E-state index is 4.88. The molecule has 0 aliphatic heterocycles. The van der Waals surface area contributed by atoms with Gasteiger partial charge in [-0.1, -0.05) is 35.5 Å². The van der Waals surface area contributed by atoms with Crippen molar-refractivity contribution in [1.29, 1.82) is 0 Å². The highest BCUT2D eigenvalue weighted by Crippen LogP contribution is 2.02. The van der Waals surface area contributed by atoms with E-state index in [0.717, 1.165) is 5.69 Å². The van der Waals surface area contributed by atoms with Crippen LogP contribution < -0.4 is 10.7 Å². The number of aromatic nitrogens is 3. The fourth-order valence-electron chi connectivity index (χ4n) is 1.57. The van der Waals surface area contributed by atoms with Crippen LogP contribution in [0.25, 0.3) is 6.08 Å². The van der Waals surface area contributed by atoms with E-state index >= 15 is 0 Å². The van der Waals surface area contributed by atoms with Crippen molar-refractivity contribution in [2.75, 3.05) is 7.05 Å². The van der Waals surface area contributed by atoms with E-state index in [0.29, 0.717) is 11.7 Å². The number of hydrogen-bond acceptors (Lipinski definition) is 4. The van der Waals surface area contributed by atoms with Crippen molar-refractivity contribution >= 4 is 29.6 Å².